The Hall–Kier alpha value is -2.60. The molecule has 3 heterocycles. The van der Waals surface area contributed by atoms with E-state index >= 15 is 0 Å². The van der Waals surface area contributed by atoms with E-state index in [0.717, 1.165) is 5.39 Å². The zero-order valence-corrected chi connectivity index (χ0v) is 10.9. The number of anilines is 1. The van der Waals surface area contributed by atoms with Crippen molar-refractivity contribution in [1.29, 1.82) is 0 Å². The second kappa shape index (κ2) is 5.18. The molecule has 6 nitrogen and oxygen atoms in total. The van der Waals surface area contributed by atoms with Gasteiger partial charge < -0.3 is 5.32 Å². The van der Waals surface area contributed by atoms with E-state index in [9.17, 15) is 4.79 Å². The van der Waals surface area contributed by atoms with E-state index in [1.165, 1.54) is 18.6 Å². The van der Waals surface area contributed by atoms with Crippen LogP contribution in [-0.4, -0.2) is 25.8 Å². The summed E-state index contributed by atoms with van der Waals surface area (Å²) in [6, 6.07) is 6.99. The van der Waals surface area contributed by atoms with Crippen LogP contribution in [0.3, 0.4) is 0 Å². The van der Waals surface area contributed by atoms with Gasteiger partial charge >= 0.3 is 0 Å². The standard InChI is InChI=1S/C13H8ClN5O/c14-10-3-1-8-2-4-11(18-12(8)17-10)19-13(20)9-7-15-5-6-16-9/h1-7H,(H,17,18,19,20). The molecule has 3 rings (SSSR count). The van der Waals surface area contributed by atoms with E-state index in [1.54, 1.807) is 18.2 Å². The first-order valence-corrected chi connectivity index (χ1v) is 6.11. The first-order chi connectivity index (χ1) is 9.72. The Morgan fingerprint density at radius 1 is 1.10 bits per heavy atom. The first-order valence-electron chi connectivity index (χ1n) is 5.73. The number of rotatable bonds is 2. The fourth-order valence-corrected chi connectivity index (χ4v) is 1.79. The Kier molecular flexibility index (Phi) is 3.22. The molecule has 0 bridgehead atoms. The van der Waals surface area contributed by atoms with Crippen LogP contribution in [0.5, 0.6) is 0 Å². The lowest BCUT2D eigenvalue weighted by molar-refractivity contribution is 0.102. The molecule has 20 heavy (non-hydrogen) atoms. The molecular formula is C13H8ClN5O. The van der Waals surface area contributed by atoms with Crippen LogP contribution in [0.1, 0.15) is 10.5 Å². The highest BCUT2D eigenvalue weighted by Crippen LogP contribution is 2.16. The number of halogens is 1. The third kappa shape index (κ3) is 2.55. The summed E-state index contributed by atoms with van der Waals surface area (Å²) in [5.74, 6) is -0.00472. The molecule has 0 aromatic carbocycles. The summed E-state index contributed by atoms with van der Waals surface area (Å²) in [5, 5.41) is 3.82. The van der Waals surface area contributed by atoms with Crippen molar-refractivity contribution >= 4 is 34.4 Å². The Labute approximate surface area is 118 Å². The van der Waals surface area contributed by atoms with Gasteiger partial charge in [0.2, 0.25) is 0 Å². The fourth-order valence-electron chi connectivity index (χ4n) is 1.64. The van der Waals surface area contributed by atoms with E-state index in [4.69, 9.17) is 11.6 Å². The van der Waals surface area contributed by atoms with Gasteiger partial charge in [0, 0.05) is 17.8 Å². The lowest BCUT2D eigenvalue weighted by Crippen LogP contribution is -2.14. The maximum Gasteiger partial charge on any atom is 0.277 e. The highest BCUT2D eigenvalue weighted by atomic mass is 35.5. The second-order valence-electron chi connectivity index (χ2n) is 3.92. The number of hydrogen-bond acceptors (Lipinski definition) is 5. The smallest absolute Gasteiger partial charge is 0.277 e. The van der Waals surface area contributed by atoms with Gasteiger partial charge in [0.1, 0.15) is 16.7 Å². The molecule has 98 valence electrons. The molecule has 7 heteroatoms. The summed E-state index contributed by atoms with van der Waals surface area (Å²) < 4.78 is 0. The average Bonchev–Trinajstić information content (AvgIpc) is 2.47. The number of carbonyl (C=O) groups is 1. The van der Waals surface area contributed by atoms with Gasteiger partial charge in [0.05, 0.1) is 6.20 Å². The highest BCUT2D eigenvalue weighted by Gasteiger charge is 2.09. The topological polar surface area (TPSA) is 80.7 Å². The minimum Gasteiger partial charge on any atom is -0.305 e. The third-order valence-corrected chi connectivity index (χ3v) is 2.77. The van der Waals surface area contributed by atoms with Gasteiger partial charge in [-0.1, -0.05) is 11.6 Å². The maximum absolute atomic E-state index is 11.9. The summed E-state index contributed by atoms with van der Waals surface area (Å²) in [5.41, 5.74) is 0.683. The minimum atomic E-state index is -0.382. The molecule has 0 aliphatic heterocycles. The van der Waals surface area contributed by atoms with Crippen molar-refractivity contribution in [3.8, 4) is 0 Å². The molecular weight excluding hydrogens is 278 g/mol. The van der Waals surface area contributed by atoms with Crippen molar-refractivity contribution < 1.29 is 4.79 Å². The molecule has 0 atom stereocenters. The van der Waals surface area contributed by atoms with Gasteiger partial charge in [-0.2, -0.15) is 0 Å². The molecule has 0 aliphatic rings. The third-order valence-electron chi connectivity index (χ3n) is 2.56. The first kappa shape index (κ1) is 12.4. The van der Waals surface area contributed by atoms with E-state index < -0.39 is 0 Å². The van der Waals surface area contributed by atoms with Gasteiger partial charge in [0.15, 0.2) is 5.65 Å². The molecule has 0 spiro atoms. The predicted molar refractivity (Wildman–Crippen MR) is 74.5 cm³/mol. The van der Waals surface area contributed by atoms with Crippen LogP contribution in [-0.2, 0) is 0 Å². The van der Waals surface area contributed by atoms with Crippen molar-refractivity contribution in [3.63, 3.8) is 0 Å². The molecule has 0 unspecified atom stereocenters. The molecule has 3 aromatic heterocycles. The van der Waals surface area contributed by atoms with Crippen LogP contribution < -0.4 is 5.32 Å². The monoisotopic (exact) mass is 285 g/mol. The Bertz CT molecular complexity index is 778. The fraction of sp³-hybridized carbons (Fsp3) is 0. The summed E-state index contributed by atoms with van der Waals surface area (Å²) in [6.45, 7) is 0. The molecule has 0 saturated heterocycles. The van der Waals surface area contributed by atoms with Crippen molar-refractivity contribution in [2.45, 2.75) is 0 Å². The molecule has 0 fully saturated rings. The van der Waals surface area contributed by atoms with Crippen molar-refractivity contribution in [1.82, 2.24) is 19.9 Å². The van der Waals surface area contributed by atoms with Gasteiger partial charge in [-0.25, -0.2) is 15.0 Å². The summed E-state index contributed by atoms with van der Waals surface area (Å²) in [7, 11) is 0. The normalized spacial score (nSPS) is 10.4. The lowest BCUT2D eigenvalue weighted by atomic mass is 10.3. The zero-order chi connectivity index (χ0) is 13.9. The molecule has 0 radical (unpaired) electrons. The van der Waals surface area contributed by atoms with Crippen LogP contribution in [0.4, 0.5) is 5.82 Å². The number of pyridine rings is 2. The van der Waals surface area contributed by atoms with Gasteiger partial charge in [-0.05, 0) is 24.3 Å². The zero-order valence-electron chi connectivity index (χ0n) is 10.1. The van der Waals surface area contributed by atoms with E-state index in [0.29, 0.717) is 16.6 Å². The lowest BCUT2D eigenvalue weighted by Gasteiger charge is -2.04. The van der Waals surface area contributed by atoms with E-state index in [-0.39, 0.29) is 11.6 Å². The van der Waals surface area contributed by atoms with Gasteiger partial charge in [0.25, 0.3) is 5.91 Å². The number of carbonyl (C=O) groups excluding carboxylic acids is 1. The van der Waals surface area contributed by atoms with Crippen molar-refractivity contribution in [3.05, 3.63) is 53.7 Å². The molecule has 0 saturated carbocycles. The van der Waals surface area contributed by atoms with Gasteiger partial charge in [-0.3, -0.25) is 9.78 Å². The van der Waals surface area contributed by atoms with Crippen molar-refractivity contribution in [2.75, 3.05) is 5.32 Å². The summed E-state index contributed by atoms with van der Waals surface area (Å²) in [6.07, 6.45) is 4.33. The second-order valence-corrected chi connectivity index (χ2v) is 4.31. The van der Waals surface area contributed by atoms with Crippen molar-refractivity contribution in [2.24, 2.45) is 0 Å². The largest absolute Gasteiger partial charge is 0.305 e. The maximum atomic E-state index is 11.9. The molecule has 3 aromatic rings. The van der Waals surface area contributed by atoms with Crippen LogP contribution in [0, 0.1) is 0 Å². The number of fused-ring (bicyclic) bond motifs is 1. The van der Waals surface area contributed by atoms with Gasteiger partial charge in [-0.15, -0.1) is 0 Å². The van der Waals surface area contributed by atoms with Crippen LogP contribution in [0.15, 0.2) is 42.9 Å². The number of aromatic nitrogens is 4. The van der Waals surface area contributed by atoms with Crippen LogP contribution in [0.25, 0.3) is 11.0 Å². The summed E-state index contributed by atoms with van der Waals surface area (Å²) in [4.78, 5) is 28.0. The number of hydrogen-bond donors (Lipinski definition) is 1. The predicted octanol–water partition coefficient (Wildman–Crippen LogP) is 2.33. The average molecular weight is 286 g/mol. The molecule has 1 amide bonds. The number of nitrogens with one attached hydrogen (secondary N) is 1. The van der Waals surface area contributed by atoms with Crippen LogP contribution in [0.2, 0.25) is 5.15 Å². The SMILES string of the molecule is O=C(Nc1ccc2ccc(Cl)nc2n1)c1cnccn1. The number of nitrogens with zero attached hydrogens (tertiary/aromatic N) is 4. The van der Waals surface area contributed by atoms with E-state index in [2.05, 4.69) is 25.3 Å². The van der Waals surface area contributed by atoms with Crippen LogP contribution >= 0.6 is 11.6 Å². The molecule has 0 aliphatic carbocycles. The Morgan fingerprint density at radius 2 is 1.95 bits per heavy atom. The molecule has 1 N–H and O–H groups in total. The highest BCUT2D eigenvalue weighted by molar-refractivity contribution is 6.29. The summed E-state index contributed by atoms with van der Waals surface area (Å²) >= 11 is 5.82. The van der Waals surface area contributed by atoms with E-state index in [1.807, 2.05) is 6.07 Å². The number of amides is 1. The minimum absolute atomic E-state index is 0.216. The Morgan fingerprint density at radius 3 is 2.75 bits per heavy atom. The Balaban J connectivity index is 1.89. The quantitative estimate of drug-likeness (QED) is 0.731.